The lowest BCUT2D eigenvalue weighted by molar-refractivity contribution is -0.137. The number of carbonyl (C=O) groups excluding carboxylic acids is 1. The third kappa shape index (κ3) is 3.29. The average Bonchev–Trinajstić information content (AvgIpc) is 2.96. The van der Waals surface area contributed by atoms with Crippen molar-refractivity contribution < 1.29 is 4.79 Å². The summed E-state index contributed by atoms with van der Waals surface area (Å²) < 4.78 is 1.96. The van der Waals surface area contributed by atoms with Gasteiger partial charge in [0.1, 0.15) is 5.82 Å². The van der Waals surface area contributed by atoms with Gasteiger partial charge in [0, 0.05) is 45.4 Å². The van der Waals surface area contributed by atoms with E-state index >= 15 is 0 Å². The fourth-order valence-electron chi connectivity index (χ4n) is 3.00. The molecule has 0 unspecified atom stereocenters. The maximum atomic E-state index is 12.1. The smallest absolute Gasteiger partial charge is 0.222 e. The predicted octanol–water partition coefficient (Wildman–Crippen LogP) is 1.89. The van der Waals surface area contributed by atoms with Crippen LogP contribution in [0.15, 0.2) is 24.8 Å². The molecule has 1 saturated heterocycles. The van der Waals surface area contributed by atoms with E-state index in [4.69, 9.17) is 11.6 Å². The van der Waals surface area contributed by atoms with Crippen molar-refractivity contribution >= 4 is 23.5 Å². The zero-order valence-corrected chi connectivity index (χ0v) is 13.9. The van der Waals surface area contributed by atoms with Gasteiger partial charge in [-0.1, -0.05) is 11.6 Å². The van der Waals surface area contributed by atoms with E-state index in [-0.39, 0.29) is 17.9 Å². The molecule has 1 aliphatic heterocycles. The molecule has 8 heteroatoms. The number of piperidine rings is 1. The van der Waals surface area contributed by atoms with Gasteiger partial charge in [0.05, 0.1) is 23.5 Å². The van der Waals surface area contributed by atoms with E-state index in [0.29, 0.717) is 23.9 Å². The first-order chi connectivity index (χ1) is 11.1. The number of carbonyl (C=O) groups is 1. The van der Waals surface area contributed by atoms with Gasteiger partial charge in [0.15, 0.2) is 0 Å². The molecule has 0 bridgehead atoms. The Morgan fingerprint density at radius 2 is 2.04 bits per heavy atom. The second kappa shape index (κ2) is 6.54. The Kier molecular flexibility index (Phi) is 4.47. The minimum absolute atomic E-state index is 0.0592. The largest absolute Gasteiger partial charge is 0.354 e. The zero-order valence-electron chi connectivity index (χ0n) is 13.1. The van der Waals surface area contributed by atoms with E-state index in [1.807, 2.05) is 24.9 Å². The van der Waals surface area contributed by atoms with Crippen molar-refractivity contribution in [2.75, 3.05) is 18.9 Å². The summed E-state index contributed by atoms with van der Waals surface area (Å²) in [5, 5.41) is 3.74. The summed E-state index contributed by atoms with van der Waals surface area (Å²) in [5.74, 6) is 1.81. The molecule has 0 aromatic carbocycles. The molecule has 122 valence electrons. The van der Waals surface area contributed by atoms with Crippen LogP contribution in [0.25, 0.3) is 0 Å². The second-order valence-electron chi connectivity index (χ2n) is 5.75. The van der Waals surface area contributed by atoms with Crippen molar-refractivity contribution in [2.24, 2.45) is 13.0 Å². The first-order valence-corrected chi connectivity index (χ1v) is 7.88. The Bertz CT molecular complexity index is 686. The number of hydrogen-bond donors (Lipinski definition) is 1. The van der Waals surface area contributed by atoms with Crippen LogP contribution in [-0.2, 0) is 11.8 Å². The number of nitrogens with zero attached hydrogens (tertiary/aromatic N) is 5. The molecule has 1 amide bonds. The Morgan fingerprint density at radius 1 is 1.30 bits per heavy atom. The molecule has 3 heterocycles. The van der Waals surface area contributed by atoms with E-state index in [2.05, 4.69) is 20.3 Å². The summed E-state index contributed by atoms with van der Waals surface area (Å²) >= 11 is 5.80. The van der Waals surface area contributed by atoms with Crippen molar-refractivity contribution in [2.45, 2.75) is 18.9 Å². The van der Waals surface area contributed by atoms with Crippen LogP contribution in [0.5, 0.6) is 0 Å². The number of nitrogens with one attached hydrogen (secondary N) is 1. The Balaban J connectivity index is 1.77. The third-order valence-corrected chi connectivity index (χ3v) is 4.45. The number of likely N-dealkylation sites (tertiary alicyclic amines) is 1. The molecule has 1 aliphatic rings. The third-order valence-electron chi connectivity index (χ3n) is 4.25. The van der Waals surface area contributed by atoms with Gasteiger partial charge in [-0.3, -0.25) is 4.79 Å². The highest BCUT2D eigenvalue weighted by Crippen LogP contribution is 2.34. The number of halogens is 1. The fraction of sp³-hybridized carbons (Fsp3) is 0.467. The lowest BCUT2D eigenvalue weighted by Crippen LogP contribution is -2.43. The van der Waals surface area contributed by atoms with Gasteiger partial charge >= 0.3 is 0 Å². The molecule has 0 radical (unpaired) electrons. The number of aryl methyl sites for hydroxylation is 1. The molecule has 2 atom stereocenters. The van der Waals surface area contributed by atoms with Crippen LogP contribution >= 0.6 is 11.6 Å². The van der Waals surface area contributed by atoms with E-state index < -0.39 is 0 Å². The quantitative estimate of drug-likeness (QED) is 0.924. The van der Waals surface area contributed by atoms with Crippen molar-refractivity contribution in [1.29, 1.82) is 0 Å². The number of rotatable bonds is 4. The van der Waals surface area contributed by atoms with Gasteiger partial charge in [0.25, 0.3) is 0 Å². The molecule has 1 N–H and O–H groups in total. The summed E-state index contributed by atoms with van der Waals surface area (Å²) in [4.78, 5) is 26.6. The van der Waals surface area contributed by atoms with E-state index in [1.54, 1.807) is 23.5 Å². The molecule has 0 saturated carbocycles. The minimum Gasteiger partial charge on any atom is -0.354 e. The van der Waals surface area contributed by atoms with Crippen molar-refractivity contribution in [1.82, 2.24) is 24.4 Å². The van der Waals surface area contributed by atoms with Gasteiger partial charge in [-0.05, 0) is 6.42 Å². The van der Waals surface area contributed by atoms with E-state index in [1.165, 1.54) is 0 Å². The topological polar surface area (TPSA) is 75.9 Å². The van der Waals surface area contributed by atoms with E-state index in [0.717, 1.165) is 12.2 Å². The van der Waals surface area contributed by atoms with Crippen LogP contribution in [0.3, 0.4) is 0 Å². The lowest BCUT2D eigenvalue weighted by Gasteiger charge is -2.38. The Labute approximate surface area is 139 Å². The average molecular weight is 335 g/mol. The molecule has 0 aliphatic carbocycles. The Morgan fingerprint density at radius 3 is 2.70 bits per heavy atom. The second-order valence-corrected chi connectivity index (χ2v) is 6.19. The number of anilines is 1. The van der Waals surface area contributed by atoms with Crippen LogP contribution in [0.1, 0.15) is 24.7 Å². The van der Waals surface area contributed by atoms with Gasteiger partial charge in [-0.2, -0.15) is 0 Å². The maximum Gasteiger partial charge on any atom is 0.222 e. The molecular weight excluding hydrogens is 316 g/mol. The highest BCUT2D eigenvalue weighted by molar-refractivity contribution is 6.30. The summed E-state index contributed by atoms with van der Waals surface area (Å²) in [6.07, 6.45) is 8.13. The van der Waals surface area contributed by atoms with Crippen molar-refractivity contribution in [3.05, 3.63) is 35.6 Å². The van der Waals surface area contributed by atoms with Crippen molar-refractivity contribution in [3.63, 3.8) is 0 Å². The predicted molar refractivity (Wildman–Crippen MR) is 87.0 cm³/mol. The molecule has 2 aromatic heterocycles. The number of hydrogen-bond acceptors (Lipinski definition) is 5. The fourth-order valence-corrected chi connectivity index (χ4v) is 3.10. The summed E-state index contributed by atoms with van der Waals surface area (Å²) in [6.45, 7) is 0.663. The van der Waals surface area contributed by atoms with Gasteiger partial charge in [-0.15, -0.1) is 0 Å². The SMILES string of the molecule is CN1C(=O)CC[C@H](CNc2ncc(Cl)cn2)[C@H]1c1nccn1C. The van der Waals surface area contributed by atoms with Crippen LogP contribution in [0.2, 0.25) is 5.02 Å². The first-order valence-electron chi connectivity index (χ1n) is 7.50. The van der Waals surface area contributed by atoms with Gasteiger partial charge < -0.3 is 14.8 Å². The number of amides is 1. The summed E-state index contributed by atoms with van der Waals surface area (Å²) in [5.41, 5.74) is 0. The number of aromatic nitrogens is 4. The lowest BCUT2D eigenvalue weighted by atomic mass is 9.88. The number of imidazole rings is 1. The van der Waals surface area contributed by atoms with Gasteiger partial charge in [-0.25, -0.2) is 15.0 Å². The molecule has 0 spiro atoms. The monoisotopic (exact) mass is 334 g/mol. The van der Waals surface area contributed by atoms with Crippen LogP contribution in [0.4, 0.5) is 5.95 Å². The molecule has 1 fully saturated rings. The molecular formula is C15H19ClN6O. The highest BCUT2D eigenvalue weighted by atomic mass is 35.5. The van der Waals surface area contributed by atoms with Crippen LogP contribution in [0, 0.1) is 5.92 Å². The molecule has 3 rings (SSSR count). The zero-order chi connectivity index (χ0) is 16.4. The highest BCUT2D eigenvalue weighted by Gasteiger charge is 2.36. The maximum absolute atomic E-state index is 12.1. The first kappa shape index (κ1) is 15.7. The summed E-state index contributed by atoms with van der Waals surface area (Å²) in [7, 11) is 3.79. The normalized spacial score (nSPS) is 21.5. The van der Waals surface area contributed by atoms with Crippen LogP contribution < -0.4 is 5.32 Å². The van der Waals surface area contributed by atoms with Crippen LogP contribution in [-0.4, -0.2) is 43.9 Å². The Hall–Kier alpha value is -2.15. The van der Waals surface area contributed by atoms with Crippen molar-refractivity contribution in [3.8, 4) is 0 Å². The van der Waals surface area contributed by atoms with Gasteiger partial charge in [0.2, 0.25) is 11.9 Å². The molecule has 7 nitrogen and oxygen atoms in total. The minimum atomic E-state index is -0.0592. The molecule has 2 aromatic rings. The molecule has 23 heavy (non-hydrogen) atoms. The summed E-state index contributed by atoms with van der Waals surface area (Å²) in [6, 6.07) is -0.0592. The van der Waals surface area contributed by atoms with E-state index in [9.17, 15) is 4.79 Å². The standard InChI is InChI=1S/C15H19ClN6O/c1-21-6-5-17-14(21)13-10(3-4-12(23)22(13)2)7-18-15-19-8-11(16)9-20-15/h5-6,8-10,13H,3-4,7H2,1-2H3,(H,18,19,20)/t10-,13+/m1/s1.